The SMILES string of the molecule is Cc1ccc(OCNC(=O)Nc2ccc(F)c(Cl)c2)c(C(C)(C)C)c1. The van der Waals surface area contributed by atoms with Gasteiger partial charge in [-0.05, 0) is 42.2 Å². The van der Waals surface area contributed by atoms with Crippen LogP contribution in [0.2, 0.25) is 5.02 Å². The molecule has 6 heteroatoms. The molecule has 2 aromatic rings. The van der Waals surface area contributed by atoms with E-state index in [2.05, 4.69) is 37.5 Å². The summed E-state index contributed by atoms with van der Waals surface area (Å²) in [6.45, 7) is 8.35. The predicted molar refractivity (Wildman–Crippen MR) is 98.9 cm³/mol. The van der Waals surface area contributed by atoms with E-state index in [1.54, 1.807) is 0 Å². The van der Waals surface area contributed by atoms with Crippen molar-refractivity contribution >= 4 is 23.3 Å². The first-order chi connectivity index (χ1) is 11.7. The van der Waals surface area contributed by atoms with Crippen LogP contribution in [0.3, 0.4) is 0 Å². The summed E-state index contributed by atoms with van der Waals surface area (Å²) in [6.07, 6.45) is 0. The highest BCUT2D eigenvalue weighted by Crippen LogP contribution is 2.32. The van der Waals surface area contributed by atoms with Crippen LogP contribution in [0.4, 0.5) is 14.9 Å². The molecule has 0 heterocycles. The molecule has 0 aromatic heterocycles. The Morgan fingerprint density at radius 3 is 2.56 bits per heavy atom. The zero-order valence-corrected chi connectivity index (χ0v) is 15.5. The third-order valence-electron chi connectivity index (χ3n) is 3.58. The number of hydrogen-bond acceptors (Lipinski definition) is 2. The summed E-state index contributed by atoms with van der Waals surface area (Å²) in [7, 11) is 0. The number of benzene rings is 2. The van der Waals surface area contributed by atoms with E-state index in [9.17, 15) is 9.18 Å². The summed E-state index contributed by atoms with van der Waals surface area (Å²) in [5.74, 6) is 0.188. The lowest BCUT2D eigenvalue weighted by molar-refractivity contribution is 0.233. The fraction of sp³-hybridized carbons (Fsp3) is 0.316. The second-order valence-electron chi connectivity index (χ2n) is 6.80. The number of nitrogens with one attached hydrogen (secondary N) is 2. The highest BCUT2D eigenvalue weighted by Gasteiger charge is 2.19. The van der Waals surface area contributed by atoms with E-state index in [4.69, 9.17) is 16.3 Å². The Kier molecular flexibility index (Phi) is 5.90. The Labute approximate surface area is 152 Å². The van der Waals surface area contributed by atoms with E-state index in [1.807, 2.05) is 19.1 Å². The topological polar surface area (TPSA) is 50.4 Å². The average Bonchev–Trinajstić information content (AvgIpc) is 2.51. The van der Waals surface area contributed by atoms with Gasteiger partial charge in [0.2, 0.25) is 0 Å². The minimum absolute atomic E-state index is 0.00685. The van der Waals surface area contributed by atoms with Crippen molar-refractivity contribution in [1.82, 2.24) is 5.32 Å². The number of aryl methyl sites for hydroxylation is 1. The maximum atomic E-state index is 13.1. The zero-order chi connectivity index (χ0) is 18.6. The van der Waals surface area contributed by atoms with Crippen LogP contribution in [-0.4, -0.2) is 12.8 Å². The van der Waals surface area contributed by atoms with Crippen LogP contribution >= 0.6 is 11.6 Å². The molecule has 0 saturated carbocycles. The van der Waals surface area contributed by atoms with Gasteiger partial charge in [-0.2, -0.15) is 0 Å². The second kappa shape index (κ2) is 7.74. The van der Waals surface area contributed by atoms with Crippen molar-refractivity contribution in [3.05, 3.63) is 58.4 Å². The first-order valence-electron chi connectivity index (χ1n) is 7.90. The first-order valence-corrected chi connectivity index (χ1v) is 8.28. The van der Waals surface area contributed by atoms with Gasteiger partial charge in [-0.25, -0.2) is 9.18 Å². The Morgan fingerprint density at radius 2 is 1.92 bits per heavy atom. The normalized spacial score (nSPS) is 11.1. The van der Waals surface area contributed by atoms with Crippen LogP contribution in [0.1, 0.15) is 31.9 Å². The molecule has 0 unspecified atom stereocenters. The number of halogens is 2. The molecule has 25 heavy (non-hydrogen) atoms. The van der Waals surface area contributed by atoms with Gasteiger partial charge in [-0.1, -0.05) is 50.1 Å². The quantitative estimate of drug-likeness (QED) is 0.728. The molecule has 2 rings (SSSR count). The van der Waals surface area contributed by atoms with Crippen molar-refractivity contribution in [3.63, 3.8) is 0 Å². The molecule has 0 aliphatic rings. The number of hydrogen-bond donors (Lipinski definition) is 2. The third-order valence-corrected chi connectivity index (χ3v) is 3.87. The second-order valence-corrected chi connectivity index (χ2v) is 7.21. The Bertz CT molecular complexity index is 773. The summed E-state index contributed by atoms with van der Waals surface area (Å²) < 4.78 is 18.8. The van der Waals surface area contributed by atoms with Gasteiger partial charge >= 0.3 is 6.03 Å². The number of carbonyl (C=O) groups is 1. The molecule has 0 aliphatic heterocycles. The summed E-state index contributed by atoms with van der Waals surface area (Å²) >= 11 is 5.68. The highest BCUT2D eigenvalue weighted by atomic mass is 35.5. The maximum Gasteiger partial charge on any atom is 0.321 e. The molecule has 2 N–H and O–H groups in total. The summed E-state index contributed by atoms with van der Waals surface area (Å²) in [5, 5.41) is 5.11. The molecule has 0 spiro atoms. The van der Waals surface area contributed by atoms with E-state index in [0.29, 0.717) is 5.69 Å². The predicted octanol–water partition coefficient (Wildman–Crippen LogP) is 5.24. The van der Waals surface area contributed by atoms with Gasteiger partial charge in [0.25, 0.3) is 0 Å². The van der Waals surface area contributed by atoms with E-state index in [-0.39, 0.29) is 17.2 Å². The average molecular weight is 365 g/mol. The molecular weight excluding hydrogens is 343 g/mol. The first kappa shape index (κ1) is 19.1. The molecule has 0 fully saturated rings. The van der Waals surface area contributed by atoms with E-state index >= 15 is 0 Å². The van der Waals surface area contributed by atoms with Crippen molar-refractivity contribution in [2.75, 3.05) is 12.0 Å². The molecule has 2 aromatic carbocycles. The summed E-state index contributed by atoms with van der Waals surface area (Å²) in [5.41, 5.74) is 2.54. The van der Waals surface area contributed by atoms with Crippen LogP contribution in [0.5, 0.6) is 5.75 Å². The molecule has 0 bridgehead atoms. The minimum atomic E-state index is -0.537. The van der Waals surface area contributed by atoms with Crippen LogP contribution in [0, 0.1) is 12.7 Å². The van der Waals surface area contributed by atoms with Gasteiger partial charge in [0.1, 0.15) is 11.6 Å². The number of amides is 2. The number of anilines is 1. The Morgan fingerprint density at radius 1 is 1.20 bits per heavy atom. The molecule has 0 saturated heterocycles. The van der Waals surface area contributed by atoms with E-state index in [0.717, 1.165) is 16.9 Å². The number of urea groups is 1. The molecule has 0 aliphatic carbocycles. The Balaban J connectivity index is 1.94. The molecule has 134 valence electrons. The smallest absolute Gasteiger partial charge is 0.321 e. The molecule has 2 amide bonds. The maximum absolute atomic E-state index is 13.1. The summed E-state index contributed by atoms with van der Waals surface area (Å²) in [6, 6.07) is 9.44. The number of rotatable bonds is 4. The van der Waals surface area contributed by atoms with Gasteiger partial charge in [-0.3, -0.25) is 0 Å². The largest absolute Gasteiger partial charge is 0.473 e. The standard InChI is InChI=1S/C19H22ClFN2O2/c1-12-5-8-17(14(9-12)19(2,3)4)25-11-22-18(24)23-13-6-7-16(21)15(20)10-13/h5-10H,11H2,1-4H3,(H2,22,23,24). The number of ether oxygens (including phenoxy) is 1. The highest BCUT2D eigenvalue weighted by molar-refractivity contribution is 6.31. The van der Waals surface area contributed by atoms with Crippen molar-refractivity contribution in [1.29, 1.82) is 0 Å². The lowest BCUT2D eigenvalue weighted by atomic mass is 9.85. The monoisotopic (exact) mass is 364 g/mol. The van der Waals surface area contributed by atoms with Gasteiger partial charge < -0.3 is 15.4 Å². The molecule has 4 nitrogen and oxygen atoms in total. The van der Waals surface area contributed by atoms with Crippen molar-refractivity contribution in [2.45, 2.75) is 33.1 Å². The van der Waals surface area contributed by atoms with Crippen LogP contribution in [0.15, 0.2) is 36.4 Å². The van der Waals surface area contributed by atoms with Crippen molar-refractivity contribution < 1.29 is 13.9 Å². The molecule has 0 radical (unpaired) electrons. The van der Waals surface area contributed by atoms with E-state index in [1.165, 1.54) is 18.2 Å². The van der Waals surface area contributed by atoms with Gasteiger partial charge in [-0.15, -0.1) is 0 Å². The Hall–Kier alpha value is -2.27. The lowest BCUT2D eigenvalue weighted by Crippen LogP contribution is -2.32. The van der Waals surface area contributed by atoms with Crippen LogP contribution < -0.4 is 15.4 Å². The summed E-state index contributed by atoms with van der Waals surface area (Å²) in [4.78, 5) is 11.9. The van der Waals surface area contributed by atoms with Crippen LogP contribution in [0.25, 0.3) is 0 Å². The zero-order valence-electron chi connectivity index (χ0n) is 14.7. The fourth-order valence-electron chi connectivity index (χ4n) is 2.28. The lowest BCUT2D eigenvalue weighted by Gasteiger charge is -2.23. The minimum Gasteiger partial charge on any atom is -0.473 e. The van der Waals surface area contributed by atoms with Crippen molar-refractivity contribution in [2.24, 2.45) is 0 Å². The van der Waals surface area contributed by atoms with Gasteiger partial charge in [0.15, 0.2) is 6.73 Å². The molecule has 0 atom stereocenters. The van der Waals surface area contributed by atoms with Gasteiger partial charge in [0.05, 0.1) is 5.02 Å². The number of carbonyl (C=O) groups excluding carboxylic acids is 1. The third kappa shape index (κ3) is 5.36. The van der Waals surface area contributed by atoms with E-state index < -0.39 is 11.8 Å². The fourth-order valence-corrected chi connectivity index (χ4v) is 2.46. The van der Waals surface area contributed by atoms with Gasteiger partial charge in [0, 0.05) is 5.69 Å². The van der Waals surface area contributed by atoms with Crippen molar-refractivity contribution in [3.8, 4) is 5.75 Å². The van der Waals surface area contributed by atoms with Crippen LogP contribution in [-0.2, 0) is 5.41 Å². The molecular formula is C19H22ClFN2O2.